The molecule has 0 saturated carbocycles. The van der Waals surface area contributed by atoms with Crippen LogP contribution in [0.4, 0.5) is 0 Å². The number of esters is 1. The number of benzene rings is 1. The Kier molecular flexibility index (Phi) is 3.72. The Hall–Kier alpha value is -2.47. The number of rotatable bonds is 1. The van der Waals surface area contributed by atoms with Crippen molar-refractivity contribution in [1.82, 2.24) is 9.88 Å². The van der Waals surface area contributed by atoms with Gasteiger partial charge in [-0.25, -0.2) is 4.79 Å². The fraction of sp³-hybridized carbons (Fsp3) is 0.476. The molecule has 0 unspecified atom stereocenters. The first-order valence-electron chi connectivity index (χ1n) is 9.58. The van der Waals surface area contributed by atoms with Crippen molar-refractivity contribution < 1.29 is 19.4 Å². The van der Waals surface area contributed by atoms with Gasteiger partial charge in [-0.05, 0) is 43.5 Å². The summed E-state index contributed by atoms with van der Waals surface area (Å²) in [6, 6.07) is 5.75. The van der Waals surface area contributed by atoms with Gasteiger partial charge in [0.1, 0.15) is 5.75 Å². The van der Waals surface area contributed by atoms with Gasteiger partial charge in [-0.15, -0.1) is 0 Å². The SMILES string of the molecule is COC(=O)C1=CO[C@@H](C)[C@@H]2CN3CCc4c([nH]c5ccc(O)cc45)[C@H]3C[C@H]12. The lowest BCUT2D eigenvalue weighted by molar-refractivity contribution is -0.139. The maximum Gasteiger partial charge on any atom is 0.337 e. The molecular formula is C21H24N2O4. The van der Waals surface area contributed by atoms with Crippen LogP contribution in [0.25, 0.3) is 10.9 Å². The zero-order chi connectivity index (χ0) is 18.7. The van der Waals surface area contributed by atoms with E-state index in [-0.39, 0.29) is 30.0 Å². The summed E-state index contributed by atoms with van der Waals surface area (Å²) in [5.74, 6) is 0.427. The lowest BCUT2D eigenvalue weighted by Gasteiger charge is -2.49. The van der Waals surface area contributed by atoms with Crippen molar-refractivity contribution >= 4 is 16.9 Å². The Morgan fingerprint density at radius 3 is 3.07 bits per heavy atom. The molecule has 0 aliphatic carbocycles. The van der Waals surface area contributed by atoms with Crippen LogP contribution in [0.3, 0.4) is 0 Å². The van der Waals surface area contributed by atoms with Crippen molar-refractivity contribution in [1.29, 1.82) is 0 Å². The van der Waals surface area contributed by atoms with E-state index in [4.69, 9.17) is 9.47 Å². The van der Waals surface area contributed by atoms with E-state index in [1.54, 1.807) is 12.3 Å². The van der Waals surface area contributed by atoms with Gasteiger partial charge in [0.15, 0.2) is 0 Å². The summed E-state index contributed by atoms with van der Waals surface area (Å²) >= 11 is 0. The predicted octanol–water partition coefficient (Wildman–Crippen LogP) is 2.88. The first-order valence-corrected chi connectivity index (χ1v) is 9.58. The zero-order valence-electron chi connectivity index (χ0n) is 15.6. The number of hydrogen-bond acceptors (Lipinski definition) is 5. The van der Waals surface area contributed by atoms with Crippen LogP contribution in [-0.2, 0) is 20.7 Å². The summed E-state index contributed by atoms with van der Waals surface area (Å²) in [6.07, 6.45) is 3.53. The first kappa shape index (κ1) is 16.7. The van der Waals surface area contributed by atoms with Gasteiger partial charge in [0.05, 0.1) is 31.1 Å². The molecule has 1 aromatic heterocycles. The molecule has 1 saturated heterocycles. The molecule has 3 aliphatic heterocycles. The minimum atomic E-state index is -0.289. The van der Waals surface area contributed by atoms with Crippen LogP contribution in [0.2, 0.25) is 0 Å². The van der Waals surface area contributed by atoms with Gasteiger partial charge in [-0.3, -0.25) is 4.90 Å². The summed E-state index contributed by atoms with van der Waals surface area (Å²) in [7, 11) is 1.42. The highest BCUT2D eigenvalue weighted by Crippen LogP contribution is 2.47. The number of phenolic OH excluding ortho intramolecular Hbond substituents is 1. The van der Waals surface area contributed by atoms with Crippen molar-refractivity contribution in [2.24, 2.45) is 11.8 Å². The van der Waals surface area contributed by atoms with E-state index in [1.807, 2.05) is 12.1 Å². The average molecular weight is 368 g/mol. The van der Waals surface area contributed by atoms with E-state index in [0.29, 0.717) is 11.3 Å². The second-order valence-corrected chi connectivity index (χ2v) is 7.92. The average Bonchev–Trinajstić information content (AvgIpc) is 3.05. The fourth-order valence-corrected chi connectivity index (χ4v) is 5.22. The number of piperidine rings is 1. The number of methoxy groups -OCH3 is 1. The second kappa shape index (κ2) is 6.02. The van der Waals surface area contributed by atoms with E-state index >= 15 is 0 Å². The Labute approximate surface area is 157 Å². The molecule has 0 radical (unpaired) electrons. The molecule has 2 N–H and O–H groups in total. The van der Waals surface area contributed by atoms with Crippen molar-refractivity contribution in [3.63, 3.8) is 0 Å². The number of nitrogens with zero attached hydrogens (tertiary/aromatic N) is 1. The molecule has 0 bridgehead atoms. The predicted molar refractivity (Wildman–Crippen MR) is 100 cm³/mol. The van der Waals surface area contributed by atoms with Crippen LogP contribution in [0.5, 0.6) is 5.75 Å². The molecule has 2 aromatic rings. The highest BCUT2D eigenvalue weighted by molar-refractivity contribution is 5.89. The smallest absolute Gasteiger partial charge is 0.337 e. The van der Waals surface area contributed by atoms with Gasteiger partial charge < -0.3 is 19.6 Å². The van der Waals surface area contributed by atoms with Crippen LogP contribution in [-0.4, -0.2) is 47.3 Å². The number of ether oxygens (including phenoxy) is 2. The molecule has 1 aromatic carbocycles. The van der Waals surface area contributed by atoms with Gasteiger partial charge in [-0.1, -0.05) is 0 Å². The molecule has 1 fully saturated rings. The van der Waals surface area contributed by atoms with Gasteiger partial charge in [0.2, 0.25) is 0 Å². The number of aromatic hydroxyl groups is 1. The Bertz CT molecular complexity index is 947. The molecular weight excluding hydrogens is 344 g/mol. The van der Waals surface area contributed by atoms with Gasteiger partial charge in [0.25, 0.3) is 0 Å². The summed E-state index contributed by atoms with van der Waals surface area (Å²) in [5.41, 5.74) is 4.24. The normalized spacial score (nSPS) is 29.9. The van der Waals surface area contributed by atoms with Crippen molar-refractivity contribution in [2.45, 2.75) is 31.9 Å². The van der Waals surface area contributed by atoms with E-state index < -0.39 is 0 Å². The number of H-pyrrole nitrogens is 1. The standard InChI is InChI=1S/C21H24N2O4/c1-11-16-9-23-6-5-13-15-7-12(24)3-4-18(15)22-20(13)19(23)8-14(16)17(10-27-11)21(25)26-2/h3-4,7,10-11,14,16,19,22,24H,5-6,8-9H2,1-2H3/t11-,14-,16-,19+/m0/s1. The Balaban J connectivity index is 1.55. The minimum Gasteiger partial charge on any atom is -0.508 e. The minimum absolute atomic E-state index is 0.0883. The monoisotopic (exact) mass is 368 g/mol. The zero-order valence-corrected chi connectivity index (χ0v) is 15.6. The lowest BCUT2D eigenvalue weighted by atomic mass is 9.72. The van der Waals surface area contributed by atoms with Crippen LogP contribution in [0.1, 0.15) is 30.6 Å². The Morgan fingerprint density at radius 2 is 2.26 bits per heavy atom. The molecule has 142 valence electrons. The Morgan fingerprint density at radius 1 is 1.41 bits per heavy atom. The molecule has 6 heteroatoms. The number of carbonyl (C=O) groups excluding carboxylic acids is 1. The second-order valence-electron chi connectivity index (χ2n) is 7.92. The highest BCUT2D eigenvalue weighted by Gasteiger charge is 2.46. The van der Waals surface area contributed by atoms with Crippen LogP contribution in [0, 0.1) is 11.8 Å². The summed E-state index contributed by atoms with van der Waals surface area (Å²) in [4.78, 5) is 18.4. The number of nitrogens with one attached hydrogen (secondary N) is 1. The molecule has 3 aliphatic rings. The molecule has 0 spiro atoms. The third kappa shape index (κ3) is 2.46. The van der Waals surface area contributed by atoms with Crippen LogP contribution >= 0.6 is 0 Å². The molecule has 4 heterocycles. The summed E-state index contributed by atoms with van der Waals surface area (Å²) < 4.78 is 10.8. The fourth-order valence-electron chi connectivity index (χ4n) is 5.22. The topological polar surface area (TPSA) is 74.8 Å². The highest BCUT2D eigenvalue weighted by atomic mass is 16.5. The van der Waals surface area contributed by atoms with E-state index in [9.17, 15) is 9.90 Å². The maximum atomic E-state index is 12.3. The molecule has 27 heavy (non-hydrogen) atoms. The lowest BCUT2D eigenvalue weighted by Crippen LogP contribution is -2.51. The van der Waals surface area contributed by atoms with Crippen molar-refractivity contribution in [3.8, 4) is 5.75 Å². The molecule has 5 rings (SSSR count). The number of fused-ring (bicyclic) bond motifs is 6. The number of phenols is 1. The molecule has 0 amide bonds. The van der Waals surface area contributed by atoms with Gasteiger partial charge >= 0.3 is 5.97 Å². The maximum absolute atomic E-state index is 12.3. The van der Waals surface area contributed by atoms with Crippen LogP contribution < -0.4 is 0 Å². The van der Waals surface area contributed by atoms with E-state index in [1.165, 1.54) is 18.4 Å². The quantitative estimate of drug-likeness (QED) is 0.757. The van der Waals surface area contributed by atoms with Gasteiger partial charge in [-0.2, -0.15) is 0 Å². The first-order chi connectivity index (χ1) is 13.1. The van der Waals surface area contributed by atoms with Crippen molar-refractivity contribution in [2.75, 3.05) is 20.2 Å². The molecule has 4 atom stereocenters. The van der Waals surface area contributed by atoms with Gasteiger partial charge in [0, 0.05) is 41.5 Å². The van der Waals surface area contributed by atoms with Crippen molar-refractivity contribution in [3.05, 3.63) is 41.3 Å². The summed E-state index contributed by atoms with van der Waals surface area (Å²) in [6.45, 7) is 3.97. The van der Waals surface area contributed by atoms with E-state index in [2.05, 4.69) is 16.8 Å². The number of carbonyl (C=O) groups is 1. The molecule has 6 nitrogen and oxygen atoms in total. The number of hydrogen-bond donors (Lipinski definition) is 2. The van der Waals surface area contributed by atoms with Crippen LogP contribution in [0.15, 0.2) is 30.0 Å². The number of aromatic amines is 1. The largest absolute Gasteiger partial charge is 0.508 e. The third-order valence-corrected chi connectivity index (χ3v) is 6.62. The number of aromatic nitrogens is 1. The van der Waals surface area contributed by atoms with E-state index in [0.717, 1.165) is 36.8 Å². The third-order valence-electron chi connectivity index (χ3n) is 6.62. The summed E-state index contributed by atoms with van der Waals surface area (Å²) in [5, 5.41) is 11.0.